The minimum absolute atomic E-state index is 0.00933. The molecule has 1 saturated heterocycles. The van der Waals surface area contributed by atoms with Gasteiger partial charge in [0.15, 0.2) is 0 Å². The Balaban J connectivity index is 1.98. The van der Waals surface area contributed by atoms with Crippen LogP contribution in [-0.2, 0) is 19.6 Å². The first-order valence-corrected chi connectivity index (χ1v) is 9.35. The van der Waals surface area contributed by atoms with Crippen LogP contribution in [0.4, 0.5) is 5.69 Å². The molecule has 1 fully saturated rings. The van der Waals surface area contributed by atoms with Crippen LogP contribution in [0, 0.1) is 0 Å². The molecule has 1 aromatic rings. The van der Waals surface area contributed by atoms with Crippen molar-refractivity contribution in [1.82, 2.24) is 9.21 Å². The van der Waals surface area contributed by atoms with Gasteiger partial charge in [0.25, 0.3) is 0 Å². The van der Waals surface area contributed by atoms with Gasteiger partial charge < -0.3 is 10.2 Å². The maximum Gasteiger partial charge on any atom is 0.243 e. The molecule has 0 unspecified atom stereocenters. The van der Waals surface area contributed by atoms with Gasteiger partial charge in [-0.3, -0.25) is 9.59 Å². The fourth-order valence-corrected chi connectivity index (χ4v) is 3.40. The fourth-order valence-electron chi connectivity index (χ4n) is 2.50. The van der Waals surface area contributed by atoms with Crippen LogP contribution in [0.3, 0.4) is 0 Å². The third-order valence-corrected chi connectivity index (χ3v) is 5.75. The summed E-state index contributed by atoms with van der Waals surface area (Å²) in [6, 6.07) is 5.97. The summed E-state index contributed by atoms with van der Waals surface area (Å²) in [6.07, 6.45) is 3.28. The first-order valence-electron chi connectivity index (χ1n) is 7.91. The molecule has 1 aliphatic rings. The summed E-state index contributed by atoms with van der Waals surface area (Å²) >= 11 is 0. The number of nitrogens with one attached hydrogen (secondary N) is 1. The van der Waals surface area contributed by atoms with Crippen LogP contribution in [0.1, 0.15) is 25.7 Å². The van der Waals surface area contributed by atoms with Gasteiger partial charge in [-0.1, -0.05) is 6.42 Å². The van der Waals surface area contributed by atoms with E-state index < -0.39 is 10.0 Å². The number of hydrogen-bond acceptors (Lipinski definition) is 4. The maximum absolute atomic E-state index is 12.1. The Bertz CT molecular complexity index is 699. The molecule has 2 rings (SSSR count). The standard InChI is InChI=1S/C16H23N3O4S/c1-18(2)24(22,23)14-9-7-13(8-10-14)17-15(20)12-19-11-5-3-4-6-16(19)21/h7-10H,3-6,11-12H2,1-2H3,(H,17,20). The highest BCUT2D eigenvalue weighted by Gasteiger charge is 2.20. The zero-order chi connectivity index (χ0) is 17.7. The van der Waals surface area contributed by atoms with Gasteiger partial charge in [-0.15, -0.1) is 0 Å². The van der Waals surface area contributed by atoms with E-state index in [0.717, 1.165) is 23.6 Å². The predicted octanol–water partition coefficient (Wildman–Crippen LogP) is 1.28. The predicted molar refractivity (Wildman–Crippen MR) is 91.0 cm³/mol. The Kier molecular flexibility index (Phi) is 5.95. The molecule has 8 heteroatoms. The molecule has 0 aliphatic carbocycles. The summed E-state index contributed by atoms with van der Waals surface area (Å²) in [5.74, 6) is -0.274. The molecule has 1 heterocycles. The van der Waals surface area contributed by atoms with E-state index in [-0.39, 0.29) is 23.3 Å². The van der Waals surface area contributed by atoms with Gasteiger partial charge in [0.05, 0.1) is 11.4 Å². The molecule has 1 N–H and O–H groups in total. The minimum atomic E-state index is -3.49. The summed E-state index contributed by atoms with van der Waals surface area (Å²) in [6.45, 7) is 0.628. The molecule has 1 aromatic carbocycles. The molecule has 24 heavy (non-hydrogen) atoms. The molecule has 0 radical (unpaired) electrons. The first-order chi connectivity index (χ1) is 11.3. The van der Waals surface area contributed by atoms with E-state index in [1.165, 1.54) is 26.2 Å². The summed E-state index contributed by atoms with van der Waals surface area (Å²) in [5.41, 5.74) is 0.500. The number of carbonyl (C=O) groups excluding carboxylic acids is 2. The number of rotatable bonds is 5. The van der Waals surface area contributed by atoms with E-state index in [9.17, 15) is 18.0 Å². The summed E-state index contributed by atoms with van der Waals surface area (Å²) < 4.78 is 25.1. The summed E-state index contributed by atoms with van der Waals surface area (Å²) in [7, 11) is -0.565. The Morgan fingerprint density at radius 2 is 1.83 bits per heavy atom. The van der Waals surface area contributed by atoms with Crippen molar-refractivity contribution in [3.8, 4) is 0 Å². The molecule has 0 atom stereocenters. The summed E-state index contributed by atoms with van der Waals surface area (Å²) in [5, 5.41) is 2.70. The van der Waals surface area contributed by atoms with Crippen molar-refractivity contribution in [1.29, 1.82) is 0 Å². The highest BCUT2D eigenvalue weighted by atomic mass is 32.2. The van der Waals surface area contributed by atoms with Crippen LogP contribution in [0.2, 0.25) is 0 Å². The van der Waals surface area contributed by atoms with E-state index in [1.807, 2.05) is 0 Å². The molecule has 0 bridgehead atoms. The number of hydrogen-bond donors (Lipinski definition) is 1. The number of sulfonamides is 1. The average molecular weight is 353 g/mol. The topological polar surface area (TPSA) is 86.8 Å². The zero-order valence-corrected chi connectivity index (χ0v) is 14.8. The smallest absolute Gasteiger partial charge is 0.243 e. The zero-order valence-electron chi connectivity index (χ0n) is 14.0. The van der Waals surface area contributed by atoms with Gasteiger partial charge in [0.2, 0.25) is 21.8 Å². The van der Waals surface area contributed by atoms with E-state index in [0.29, 0.717) is 18.7 Å². The Morgan fingerprint density at radius 3 is 2.46 bits per heavy atom. The third kappa shape index (κ3) is 4.55. The molecule has 7 nitrogen and oxygen atoms in total. The number of nitrogens with zero attached hydrogens (tertiary/aromatic N) is 2. The van der Waals surface area contributed by atoms with Crippen LogP contribution in [0.25, 0.3) is 0 Å². The van der Waals surface area contributed by atoms with Crippen molar-refractivity contribution in [3.63, 3.8) is 0 Å². The molecule has 132 valence electrons. The molecule has 0 saturated carbocycles. The normalized spacial score (nSPS) is 16.1. The van der Waals surface area contributed by atoms with Gasteiger partial charge in [0, 0.05) is 32.7 Å². The van der Waals surface area contributed by atoms with Gasteiger partial charge in [0.1, 0.15) is 0 Å². The van der Waals surface area contributed by atoms with E-state index in [1.54, 1.807) is 17.0 Å². The lowest BCUT2D eigenvalue weighted by Crippen LogP contribution is -2.37. The van der Waals surface area contributed by atoms with E-state index >= 15 is 0 Å². The van der Waals surface area contributed by atoms with Crippen LogP contribution >= 0.6 is 0 Å². The Hall–Kier alpha value is -1.93. The van der Waals surface area contributed by atoms with Crippen molar-refractivity contribution in [3.05, 3.63) is 24.3 Å². The molecule has 2 amide bonds. The second-order valence-corrected chi connectivity index (χ2v) is 8.14. The minimum Gasteiger partial charge on any atom is -0.333 e. The average Bonchev–Trinajstić information content (AvgIpc) is 2.72. The van der Waals surface area contributed by atoms with Crippen molar-refractivity contribution in [2.24, 2.45) is 0 Å². The fraction of sp³-hybridized carbons (Fsp3) is 0.500. The van der Waals surface area contributed by atoms with Crippen LogP contribution in [0.15, 0.2) is 29.2 Å². The van der Waals surface area contributed by atoms with Gasteiger partial charge in [-0.2, -0.15) is 0 Å². The SMILES string of the molecule is CN(C)S(=O)(=O)c1ccc(NC(=O)CN2CCCCCC2=O)cc1. The lowest BCUT2D eigenvalue weighted by Gasteiger charge is -2.19. The number of amides is 2. The molecular weight excluding hydrogens is 330 g/mol. The Labute approximate surface area is 142 Å². The summed E-state index contributed by atoms with van der Waals surface area (Å²) in [4.78, 5) is 25.7. The maximum atomic E-state index is 12.1. The molecular formula is C16H23N3O4S. The highest BCUT2D eigenvalue weighted by Crippen LogP contribution is 2.17. The van der Waals surface area contributed by atoms with Crippen molar-refractivity contribution in [2.75, 3.05) is 32.5 Å². The lowest BCUT2D eigenvalue weighted by atomic mass is 10.2. The Morgan fingerprint density at radius 1 is 1.17 bits per heavy atom. The quantitative estimate of drug-likeness (QED) is 0.864. The number of anilines is 1. The third-order valence-electron chi connectivity index (χ3n) is 3.92. The van der Waals surface area contributed by atoms with Gasteiger partial charge in [-0.25, -0.2) is 12.7 Å². The van der Waals surface area contributed by atoms with Crippen molar-refractivity contribution >= 4 is 27.5 Å². The number of carbonyl (C=O) groups is 2. The van der Waals surface area contributed by atoms with Crippen molar-refractivity contribution < 1.29 is 18.0 Å². The van der Waals surface area contributed by atoms with Gasteiger partial charge in [-0.05, 0) is 37.1 Å². The number of likely N-dealkylation sites (tertiary alicyclic amines) is 1. The van der Waals surface area contributed by atoms with E-state index in [4.69, 9.17) is 0 Å². The second kappa shape index (κ2) is 7.76. The first kappa shape index (κ1) is 18.4. The lowest BCUT2D eigenvalue weighted by molar-refractivity contribution is -0.134. The van der Waals surface area contributed by atoms with Crippen LogP contribution in [0.5, 0.6) is 0 Å². The number of benzene rings is 1. The van der Waals surface area contributed by atoms with Gasteiger partial charge >= 0.3 is 0 Å². The molecule has 0 aromatic heterocycles. The largest absolute Gasteiger partial charge is 0.333 e. The van der Waals surface area contributed by atoms with Crippen LogP contribution < -0.4 is 5.32 Å². The van der Waals surface area contributed by atoms with Crippen molar-refractivity contribution in [2.45, 2.75) is 30.6 Å². The van der Waals surface area contributed by atoms with E-state index in [2.05, 4.69) is 5.32 Å². The monoisotopic (exact) mass is 353 g/mol. The molecule has 0 spiro atoms. The van der Waals surface area contributed by atoms with Crippen LogP contribution in [-0.4, -0.2) is 56.6 Å². The highest BCUT2D eigenvalue weighted by molar-refractivity contribution is 7.89. The second-order valence-electron chi connectivity index (χ2n) is 5.99. The molecule has 1 aliphatic heterocycles.